The number of aryl methyl sites for hydroxylation is 2. The number of sulfone groups is 1. The molecule has 0 aromatic heterocycles. The van der Waals surface area contributed by atoms with Gasteiger partial charge in [0.25, 0.3) is 0 Å². The lowest BCUT2D eigenvalue weighted by Gasteiger charge is -2.17. The topological polar surface area (TPSA) is 54.4 Å². The first-order valence-electron chi connectivity index (χ1n) is 6.82. The normalized spacial score (nSPS) is 13.5. The summed E-state index contributed by atoms with van der Waals surface area (Å²) in [6.07, 6.45) is 2.98. The molecular weight excluding hydrogens is 260 g/mol. The van der Waals surface area contributed by atoms with E-state index in [1.54, 1.807) is 0 Å². The molecule has 0 radical (unpaired) electrons. The minimum absolute atomic E-state index is 0.217. The SMILES string of the molecule is CCc1cc(C(O)CS(C)(=O)=O)cc(CC)c1CC. The Kier molecular flexibility index (Phi) is 5.56. The first kappa shape index (κ1) is 16.2. The van der Waals surface area contributed by atoms with Gasteiger partial charge in [-0.1, -0.05) is 32.9 Å². The average molecular weight is 284 g/mol. The Balaban J connectivity index is 3.22. The fourth-order valence-electron chi connectivity index (χ4n) is 2.48. The summed E-state index contributed by atoms with van der Waals surface area (Å²) < 4.78 is 22.6. The molecule has 0 saturated heterocycles. The molecule has 0 bridgehead atoms. The summed E-state index contributed by atoms with van der Waals surface area (Å²) in [7, 11) is -3.18. The average Bonchev–Trinajstić information content (AvgIpc) is 2.34. The fraction of sp³-hybridized carbons (Fsp3) is 0.600. The first-order chi connectivity index (χ1) is 8.82. The maximum absolute atomic E-state index is 11.3. The van der Waals surface area contributed by atoms with E-state index in [1.807, 2.05) is 12.1 Å². The van der Waals surface area contributed by atoms with E-state index in [4.69, 9.17) is 0 Å². The van der Waals surface area contributed by atoms with Gasteiger partial charge in [-0.05, 0) is 41.5 Å². The molecule has 1 rings (SSSR count). The van der Waals surface area contributed by atoms with Crippen molar-refractivity contribution < 1.29 is 13.5 Å². The van der Waals surface area contributed by atoms with Gasteiger partial charge in [0.15, 0.2) is 0 Å². The van der Waals surface area contributed by atoms with Crippen LogP contribution in [0.3, 0.4) is 0 Å². The summed E-state index contributed by atoms with van der Waals surface area (Å²) in [4.78, 5) is 0. The van der Waals surface area contributed by atoms with Crippen molar-refractivity contribution in [3.63, 3.8) is 0 Å². The van der Waals surface area contributed by atoms with Crippen molar-refractivity contribution in [3.05, 3.63) is 34.4 Å². The summed E-state index contributed by atoms with van der Waals surface area (Å²) in [5.74, 6) is -0.217. The first-order valence-corrected chi connectivity index (χ1v) is 8.88. The van der Waals surface area contributed by atoms with E-state index in [0.29, 0.717) is 0 Å². The fourth-order valence-corrected chi connectivity index (χ4v) is 3.25. The molecule has 0 aliphatic rings. The lowest BCUT2D eigenvalue weighted by molar-refractivity contribution is 0.201. The van der Waals surface area contributed by atoms with Crippen LogP contribution in [-0.2, 0) is 29.1 Å². The van der Waals surface area contributed by atoms with Gasteiger partial charge in [0, 0.05) is 6.26 Å². The van der Waals surface area contributed by atoms with E-state index >= 15 is 0 Å². The second-order valence-electron chi connectivity index (χ2n) is 4.99. The number of benzene rings is 1. The minimum atomic E-state index is -3.18. The van der Waals surface area contributed by atoms with Crippen molar-refractivity contribution in [3.8, 4) is 0 Å². The highest BCUT2D eigenvalue weighted by Gasteiger charge is 2.17. The van der Waals surface area contributed by atoms with Crippen LogP contribution in [0.25, 0.3) is 0 Å². The van der Waals surface area contributed by atoms with Crippen molar-refractivity contribution in [1.29, 1.82) is 0 Å². The van der Waals surface area contributed by atoms with Gasteiger partial charge < -0.3 is 5.11 Å². The molecule has 0 heterocycles. The highest BCUT2D eigenvalue weighted by Crippen LogP contribution is 2.24. The predicted molar refractivity (Wildman–Crippen MR) is 79.2 cm³/mol. The highest BCUT2D eigenvalue weighted by molar-refractivity contribution is 7.90. The number of aliphatic hydroxyl groups is 1. The molecule has 1 aromatic rings. The lowest BCUT2D eigenvalue weighted by Crippen LogP contribution is -2.14. The van der Waals surface area contributed by atoms with Gasteiger partial charge in [-0.15, -0.1) is 0 Å². The van der Waals surface area contributed by atoms with Crippen LogP contribution in [0.1, 0.15) is 49.1 Å². The van der Waals surface area contributed by atoms with Gasteiger partial charge in [0.05, 0.1) is 11.9 Å². The van der Waals surface area contributed by atoms with Gasteiger partial charge in [0.1, 0.15) is 9.84 Å². The summed E-state index contributed by atoms with van der Waals surface area (Å²) >= 11 is 0. The monoisotopic (exact) mass is 284 g/mol. The molecule has 108 valence electrons. The Morgan fingerprint density at radius 1 is 1.05 bits per heavy atom. The largest absolute Gasteiger partial charge is 0.387 e. The lowest BCUT2D eigenvalue weighted by atomic mass is 9.91. The molecule has 3 nitrogen and oxygen atoms in total. The maximum Gasteiger partial charge on any atom is 0.150 e. The maximum atomic E-state index is 11.3. The zero-order chi connectivity index (χ0) is 14.6. The van der Waals surface area contributed by atoms with Gasteiger partial charge in [-0.25, -0.2) is 8.42 Å². The van der Waals surface area contributed by atoms with Crippen molar-refractivity contribution in [2.45, 2.75) is 46.1 Å². The van der Waals surface area contributed by atoms with Crippen LogP contribution in [0.15, 0.2) is 12.1 Å². The molecule has 1 atom stereocenters. The molecule has 19 heavy (non-hydrogen) atoms. The summed E-state index contributed by atoms with van der Waals surface area (Å²) in [6.45, 7) is 6.29. The highest BCUT2D eigenvalue weighted by atomic mass is 32.2. The van der Waals surface area contributed by atoms with Gasteiger partial charge in [-0.3, -0.25) is 0 Å². The van der Waals surface area contributed by atoms with Crippen molar-refractivity contribution >= 4 is 9.84 Å². The third-order valence-electron chi connectivity index (χ3n) is 3.42. The Morgan fingerprint density at radius 3 is 1.84 bits per heavy atom. The molecule has 1 aromatic carbocycles. The second-order valence-corrected chi connectivity index (χ2v) is 7.17. The van der Waals surface area contributed by atoms with Gasteiger partial charge in [-0.2, -0.15) is 0 Å². The molecule has 1 unspecified atom stereocenters. The third kappa shape index (κ3) is 4.32. The van der Waals surface area contributed by atoms with Crippen LogP contribution in [0.4, 0.5) is 0 Å². The molecule has 0 amide bonds. The standard InChI is InChI=1S/C15H24O3S/c1-5-11-8-13(15(16)10-19(4,17)18)9-12(6-2)14(11)7-3/h8-9,15-16H,5-7,10H2,1-4H3. The zero-order valence-electron chi connectivity index (χ0n) is 12.2. The van der Waals surface area contributed by atoms with Crippen LogP contribution in [0.5, 0.6) is 0 Å². The third-order valence-corrected chi connectivity index (χ3v) is 4.34. The van der Waals surface area contributed by atoms with Gasteiger partial charge >= 0.3 is 0 Å². The second kappa shape index (κ2) is 6.53. The number of rotatable bonds is 6. The molecule has 0 aliphatic carbocycles. The zero-order valence-corrected chi connectivity index (χ0v) is 13.0. The van der Waals surface area contributed by atoms with Crippen molar-refractivity contribution in [2.75, 3.05) is 12.0 Å². The number of aliphatic hydroxyl groups excluding tert-OH is 1. The van der Waals surface area contributed by atoms with Crippen LogP contribution in [0, 0.1) is 0 Å². The molecule has 0 saturated carbocycles. The predicted octanol–water partition coefficient (Wildman–Crippen LogP) is 2.45. The summed E-state index contributed by atoms with van der Waals surface area (Å²) in [5.41, 5.74) is 4.48. The van der Waals surface area contributed by atoms with Gasteiger partial charge in [0.2, 0.25) is 0 Å². The molecule has 1 N–H and O–H groups in total. The Hall–Kier alpha value is -0.870. The Bertz CT molecular complexity index is 507. The quantitative estimate of drug-likeness (QED) is 0.873. The number of hydrogen-bond donors (Lipinski definition) is 1. The van der Waals surface area contributed by atoms with E-state index in [1.165, 1.54) is 16.7 Å². The molecule has 0 aliphatic heterocycles. The molecular formula is C15H24O3S. The van der Waals surface area contributed by atoms with Crippen LogP contribution in [-0.4, -0.2) is 25.5 Å². The Labute approximate surface area is 116 Å². The van der Waals surface area contributed by atoms with E-state index in [0.717, 1.165) is 31.1 Å². The van der Waals surface area contributed by atoms with E-state index in [-0.39, 0.29) is 5.75 Å². The van der Waals surface area contributed by atoms with E-state index < -0.39 is 15.9 Å². The van der Waals surface area contributed by atoms with Crippen LogP contribution >= 0.6 is 0 Å². The van der Waals surface area contributed by atoms with E-state index in [2.05, 4.69) is 20.8 Å². The Morgan fingerprint density at radius 2 is 1.53 bits per heavy atom. The molecule has 0 fully saturated rings. The van der Waals surface area contributed by atoms with Crippen molar-refractivity contribution in [1.82, 2.24) is 0 Å². The summed E-state index contributed by atoms with van der Waals surface area (Å²) in [5, 5.41) is 10.1. The molecule has 4 heteroatoms. The minimum Gasteiger partial charge on any atom is -0.387 e. The summed E-state index contributed by atoms with van der Waals surface area (Å²) in [6, 6.07) is 3.90. The van der Waals surface area contributed by atoms with Crippen molar-refractivity contribution in [2.24, 2.45) is 0 Å². The van der Waals surface area contributed by atoms with Crippen LogP contribution in [0.2, 0.25) is 0 Å². The van der Waals surface area contributed by atoms with E-state index in [9.17, 15) is 13.5 Å². The number of hydrogen-bond acceptors (Lipinski definition) is 3. The van der Waals surface area contributed by atoms with Crippen LogP contribution < -0.4 is 0 Å². The molecule has 0 spiro atoms. The smallest absolute Gasteiger partial charge is 0.150 e.